The van der Waals surface area contributed by atoms with Crippen LogP contribution in [0.5, 0.6) is 0 Å². The Bertz CT molecular complexity index is 609. The molecule has 0 radical (unpaired) electrons. The smallest absolute Gasteiger partial charge is 0.0991 e. The van der Waals surface area contributed by atoms with Crippen molar-refractivity contribution in [2.75, 3.05) is 5.32 Å². The Morgan fingerprint density at radius 1 is 1.21 bits per heavy atom. The number of benzene rings is 2. The van der Waals surface area contributed by atoms with Crippen molar-refractivity contribution < 1.29 is 0 Å². The first kappa shape index (κ1) is 13.5. The van der Waals surface area contributed by atoms with Crippen LogP contribution in [0.1, 0.15) is 29.7 Å². The van der Waals surface area contributed by atoms with Gasteiger partial charge in [0, 0.05) is 6.04 Å². The monoisotopic (exact) mass is 270 g/mol. The van der Waals surface area contributed by atoms with Crippen molar-refractivity contribution >= 4 is 17.3 Å². The van der Waals surface area contributed by atoms with Gasteiger partial charge in [-0.15, -0.1) is 0 Å². The van der Waals surface area contributed by atoms with E-state index in [9.17, 15) is 0 Å². The SMILES string of the molecule is Cc1cccc(Cl)c1NC(C)c1cccc(C#N)c1. The highest BCUT2D eigenvalue weighted by atomic mass is 35.5. The first-order valence-corrected chi connectivity index (χ1v) is 6.51. The average Bonchev–Trinajstić information content (AvgIpc) is 2.43. The summed E-state index contributed by atoms with van der Waals surface area (Å²) in [5, 5.41) is 13.0. The molecule has 1 unspecified atom stereocenters. The zero-order valence-corrected chi connectivity index (χ0v) is 11.7. The van der Waals surface area contributed by atoms with Crippen molar-refractivity contribution in [1.82, 2.24) is 0 Å². The second kappa shape index (κ2) is 5.77. The lowest BCUT2D eigenvalue weighted by Gasteiger charge is -2.18. The number of aryl methyl sites for hydroxylation is 1. The van der Waals surface area contributed by atoms with E-state index < -0.39 is 0 Å². The van der Waals surface area contributed by atoms with E-state index in [0.29, 0.717) is 10.6 Å². The van der Waals surface area contributed by atoms with Gasteiger partial charge in [-0.05, 0) is 43.2 Å². The molecule has 1 N–H and O–H groups in total. The van der Waals surface area contributed by atoms with E-state index in [1.54, 1.807) is 6.07 Å². The van der Waals surface area contributed by atoms with Gasteiger partial charge in [0.15, 0.2) is 0 Å². The summed E-state index contributed by atoms with van der Waals surface area (Å²) in [6, 6.07) is 15.7. The van der Waals surface area contributed by atoms with Gasteiger partial charge in [-0.25, -0.2) is 0 Å². The third-order valence-corrected chi connectivity index (χ3v) is 3.41. The number of para-hydroxylation sites is 1. The second-order valence-corrected chi connectivity index (χ2v) is 4.94. The zero-order valence-electron chi connectivity index (χ0n) is 10.9. The summed E-state index contributed by atoms with van der Waals surface area (Å²) in [6.07, 6.45) is 0. The predicted molar refractivity (Wildman–Crippen MR) is 79.4 cm³/mol. The topological polar surface area (TPSA) is 35.8 Å². The van der Waals surface area contributed by atoms with Crippen LogP contribution in [0, 0.1) is 18.3 Å². The molecule has 0 heterocycles. The summed E-state index contributed by atoms with van der Waals surface area (Å²) in [5.74, 6) is 0. The van der Waals surface area contributed by atoms with Gasteiger partial charge in [0.1, 0.15) is 0 Å². The van der Waals surface area contributed by atoms with Crippen LogP contribution in [-0.4, -0.2) is 0 Å². The lowest BCUT2D eigenvalue weighted by Crippen LogP contribution is -2.08. The molecule has 0 aliphatic rings. The van der Waals surface area contributed by atoms with Crippen molar-refractivity contribution in [1.29, 1.82) is 5.26 Å². The van der Waals surface area contributed by atoms with E-state index in [2.05, 4.69) is 18.3 Å². The van der Waals surface area contributed by atoms with Crippen LogP contribution in [-0.2, 0) is 0 Å². The zero-order chi connectivity index (χ0) is 13.8. The Labute approximate surface area is 118 Å². The summed E-state index contributed by atoms with van der Waals surface area (Å²) in [6.45, 7) is 4.08. The molecule has 0 saturated heterocycles. The molecular weight excluding hydrogens is 256 g/mol. The Hall–Kier alpha value is -1.98. The predicted octanol–water partition coefficient (Wildman–Crippen LogP) is 4.69. The van der Waals surface area contributed by atoms with Crippen LogP contribution in [0.3, 0.4) is 0 Å². The number of rotatable bonds is 3. The third kappa shape index (κ3) is 3.07. The Morgan fingerprint density at radius 2 is 1.95 bits per heavy atom. The quantitative estimate of drug-likeness (QED) is 0.878. The molecule has 2 aromatic carbocycles. The number of nitrogens with one attached hydrogen (secondary N) is 1. The van der Waals surface area contributed by atoms with E-state index in [-0.39, 0.29) is 6.04 Å². The first-order valence-electron chi connectivity index (χ1n) is 6.13. The summed E-state index contributed by atoms with van der Waals surface area (Å²) in [5.41, 5.74) is 3.79. The Balaban J connectivity index is 2.26. The first-order chi connectivity index (χ1) is 9.11. The molecule has 0 bridgehead atoms. The van der Waals surface area contributed by atoms with Gasteiger partial charge in [0.05, 0.1) is 22.3 Å². The molecule has 19 heavy (non-hydrogen) atoms. The molecule has 0 aliphatic carbocycles. The maximum atomic E-state index is 8.93. The minimum atomic E-state index is 0.0897. The molecule has 2 rings (SSSR count). The van der Waals surface area contributed by atoms with Gasteiger partial charge in [0.25, 0.3) is 0 Å². The fourth-order valence-corrected chi connectivity index (χ4v) is 2.27. The molecule has 96 valence electrons. The summed E-state index contributed by atoms with van der Waals surface area (Å²) in [4.78, 5) is 0. The Kier molecular flexibility index (Phi) is 4.09. The highest BCUT2D eigenvalue weighted by molar-refractivity contribution is 6.33. The van der Waals surface area contributed by atoms with Gasteiger partial charge in [0.2, 0.25) is 0 Å². The summed E-state index contributed by atoms with van der Waals surface area (Å²) < 4.78 is 0. The molecule has 2 nitrogen and oxygen atoms in total. The highest BCUT2D eigenvalue weighted by Gasteiger charge is 2.10. The molecule has 2 aromatic rings. The fraction of sp³-hybridized carbons (Fsp3) is 0.188. The lowest BCUT2D eigenvalue weighted by molar-refractivity contribution is 0.882. The number of halogens is 1. The van der Waals surface area contributed by atoms with Gasteiger partial charge in [-0.1, -0.05) is 35.9 Å². The normalized spacial score (nSPS) is 11.7. The maximum absolute atomic E-state index is 8.93. The second-order valence-electron chi connectivity index (χ2n) is 4.54. The number of hydrogen-bond donors (Lipinski definition) is 1. The molecule has 0 amide bonds. The molecule has 0 saturated carbocycles. The van der Waals surface area contributed by atoms with Crippen molar-refractivity contribution in [3.8, 4) is 6.07 Å². The van der Waals surface area contributed by atoms with E-state index in [4.69, 9.17) is 16.9 Å². The highest BCUT2D eigenvalue weighted by Crippen LogP contribution is 2.29. The molecule has 0 aromatic heterocycles. The van der Waals surface area contributed by atoms with Crippen molar-refractivity contribution in [2.24, 2.45) is 0 Å². The maximum Gasteiger partial charge on any atom is 0.0991 e. The van der Waals surface area contributed by atoms with Crippen LogP contribution >= 0.6 is 11.6 Å². The van der Waals surface area contributed by atoms with Crippen molar-refractivity contribution in [3.05, 3.63) is 64.2 Å². The number of anilines is 1. The van der Waals surface area contributed by atoms with E-state index in [1.807, 2.05) is 43.3 Å². The average molecular weight is 271 g/mol. The number of hydrogen-bond acceptors (Lipinski definition) is 2. The molecule has 3 heteroatoms. The molecule has 0 aliphatic heterocycles. The van der Waals surface area contributed by atoms with Crippen LogP contribution in [0.15, 0.2) is 42.5 Å². The summed E-state index contributed by atoms with van der Waals surface area (Å²) >= 11 is 6.20. The Morgan fingerprint density at radius 3 is 2.63 bits per heavy atom. The summed E-state index contributed by atoms with van der Waals surface area (Å²) in [7, 11) is 0. The molecule has 0 fully saturated rings. The lowest BCUT2D eigenvalue weighted by atomic mass is 10.0. The number of nitriles is 1. The fourth-order valence-electron chi connectivity index (χ4n) is 1.99. The largest absolute Gasteiger partial charge is 0.377 e. The number of nitrogens with zero attached hydrogens (tertiary/aromatic N) is 1. The standard InChI is InChI=1S/C16H15ClN2/c1-11-5-3-8-15(17)16(11)19-12(2)14-7-4-6-13(9-14)10-18/h3-9,12,19H,1-2H3. The van der Waals surface area contributed by atoms with Crippen LogP contribution in [0.4, 0.5) is 5.69 Å². The molecular formula is C16H15ClN2. The van der Waals surface area contributed by atoms with Gasteiger partial charge in [-0.2, -0.15) is 5.26 Å². The minimum Gasteiger partial charge on any atom is -0.377 e. The molecule has 1 atom stereocenters. The van der Waals surface area contributed by atoms with E-state index >= 15 is 0 Å². The molecule has 0 spiro atoms. The van der Waals surface area contributed by atoms with Gasteiger partial charge in [-0.3, -0.25) is 0 Å². The third-order valence-electron chi connectivity index (χ3n) is 3.10. The van der Waals surface area contributed by atoms with Crippen molar-refractivity contribution in [2.45, 2.75) is 19.9 Å². The van der Waals surface area contributed by atoms with Crippen LogP contribution in [0.2, 0.25) is 5.02 Å². The van der Waals surface area contributed by atoms with Crippen molar-refractivity contribution in [3.63, 3.8) is 0 Å². The van der Waals surface area contributed by atoms with E-state index in [0.717, 1.165) is 16.8 Å². The minimum absolute atomic E-state index is 0.0897. The van der Waals surface area contributed by atoms with E-state index in [1.165, 1.54) is 0 Å². The van der Waals surface area contributed by atoms with Gasteiger partial charge >= 0.3 is 0 Å². The van der Waals surface area contributed by atoms with Crippen LogP contribution in [0.25, 0.3) is 0 Å². The van der Waals surface area contributed by atoms with Crippen LogP contribution < -0.4 is 5.32 Å². The van der Waals surface area contributed by atoms with Gasteiger partial charge < -0.3 is 5.32 Å².